The minimum Gasteiger partial charge on any atom is -0.393 e. The van der Waals surface area contributed by atoms with Crippen molar-refractivity contribution in [3.8, 4) is 0 Å². The molecule has 208 valence electrons. The number of ether oxygens (including phenoxy) is 3. The molecule has 5 atom stereocenters. The molecule has 1 aliphatic heterocycles. The van der Waals surface area contributed by atoms with Crippen LogP contribution in [0.5, 0.6) is 0 Å². The SMILES string of the molecule is CC(C)OCC(CO)(OC[C@H]1O[C@@H](n2ncc3c(NC4CCCC4)nc(Cl)nc32)[C@H](O)[C@@H]1O)P(=O)(O)O. The highest BCUT2D eigenvalue weighted by molar-refractivity contribution is 7.53. The molecule has 2 aromatic rings. The Morgan fingerprint density at radius 2 is 1.97 bits per heavy atom. The van der Waals surface area contributed by atoms with Crippen molar-refractivity contribution in [1.82, 2.24) is 19.7 Å². The second-order valence-electron chi connectivity index (χ2n) is 9.66. The summed E-state index contributed by atoms with van der Waals surface area (Å²) in [6, 6.07) is 0.245. The van der Waals surface area contributed by atoms with E-state index in [4.69, 9.17) is 25.8 Å². The summed E-state index contributed by atoms with van der Waals surface area (Å²) in [4.78, 5) is 28.2. The minimum absolute atomic E-state index is 0.0396. The molecule has 4 rings (SSSR count). The summed E-state index contributed by atoms with van der Waals surface area (Å²) < 4.78 is 30.0. The van der Waals surface area contributed by atoms with Crippen molar-refractivity contribution in [3.63, 3.8) is 0 Å². The molecule has 0 bridgehead atoms. The van der Waals surface area contributed by atoms with Crippen LogP contribution in [0.3, 0.4) is 0 Å². The molecule has 1 aliphatic carbocycles. The van der Waals surface area contributed by atoms with E-state index < -0.39 is 63.4 Å². The number of aliphatic hydroxyl groups is 3. The van der Waals surface area contributed by atoms with Crippen molar-refractivity contribution in [3.05, 3.63) is 11.5 Å². The van der Waals surface area contributed by atoms with Crippen LogP contribution in [-0.4, -0.2) is 100 Å². The first kappa shape index (κ1) is 28.6. The van der Waals surface area contributed by atoms with E-state index in [1.807, 2.05) is 0 Å². The highest BCUT2D eigenvalue weighted by Gasteiger charge is 2.51. The number of hydrogen-bond acceptors (Lipinski definition) is 11. The van der Waals surface area contributed by atoms with Crippen LogP contribution in [0.15, 0.2) is 6.20 Å². The fraction of sp³-hybridized carbons (Fsp3) is 0.762. The van der Waals surface area contributed by atoms with E-state index in [9.17, 15) is 29.7 Å². The van der Waals surface area contributed by atoms with Gasteiger partial charge in [0, 0.05) is 6.04 Å². The Balaban J connectivity index is 1.54. The first-order valence-corrected chi connectivity index (χ1v) is 14.1. The Kier molecular flexibility index (Phi) is 8.76. The third-order valence-electron chi connectivity index (χ3n) is 6.64. The molecule has 0 spiro atoms. The van der Waals surface area contributed by atoms with Crippen LogP contribution in [0, 0.1) is 0 Å². The number of halogens is 1. The van der Waals surface area contributed by atoms with Gasteiger partial charge in [0.15, 0.2) is 11.9 Å². The lowest BCUT2D eigenvalue weighted by Crippen LogP contribution is -2.45. The molecule has 0 radical (unpaired) electrons. The maximum Gasteiger partial charge on any atom is 0.361 e. The number of aromatic nitrogens is 4. The van der Waals surface area contributed by atoms with Gasteiger partial charge in [0.05, 0.1) is 37.5 Å². The van der Waals surface area contributed by atoms with Crippen molar-refractivity contribution in [2.45, 2.75) is 81.6 Å². The van der Waals surface area contributed by atoms with Crippen LogP contribution in [0.4, 0.5) is 5.82 Å². The fourth-order valence-corrected chi connectivity index (χ4v) is 5.29. The number of hydrogen-bond donors (Lipinski definition) is 6. The van der Waals surface area contributed by atoms with E-state index in [2.05, 4.69) is 20.4 Å². The maximum atomic E-state index is 12.2. The number of nitrogens with one attached hydrogen (secondary N) is 1. The van der Waals surface area contributed by atoms with Gasteiger partial charge in [-0.2, -0.15) is 15.1 Å². The molecule has 1 unspecified atom stereocenters. The highest BCUT2D eigenvalue weighted by atomic mass is 35.5. The summed E-state index contributed by atoms with van der Waals surface area (Å²) in [5.41, 5.74) is 0.267. The molecule has 14 nitrogen and oxygen atoms in total. The Bertz CT molecular complexity index is 1130. The molecule has 37 heavy (non-hydrogen) atoms. The zero-order valence-electron chi connectivity index (χ0n) is 20.5. The van der Waals surface area contributed by atoms with Gasteiger partial charge in [0.25, 0.3) is 0 Å². The lowest BCUT2D eigenvalue weighted by molar-refractivity contribution is -0.134. The molecule has 1 saturated carbocycles. The normalized spacial score (nSPS) is 26.8. The lowest BCUT2D eigenvalue weighted by Gasteiger charge is -2.33. The second-order valence-corrected chi connectivity index (χ2v) is 11.9. The topological polar surface area (TPSA) is 202 Å². The molecule has 6 N–H and O–H groups in total. The molecule has 0 amide bonds. The molecule has 2 fully saturated rings. The molecule has 0 aromatic carbocycles. The van der Waals surface area contributed by atoms with E-state index in [1.54, 1.807) is 13.8 Å². The Labute approximate surface area is 218 Å². The predicted molar refractivity (Wildman–Crippen MR) is 131 cm³/mol. The largest absolute Gasteiger partial charge is 0.393 e. The average Bonchev–Trinajstić information content (AvgIpc) is 3.55. The Morgan fingerprint density at radius 3 is 2.59 bits per heavy atom. The van der Waals surface area contributed by atoms with Crippen molar-refractivity contribution < 1.29 is 43.9 Å². The molecule has 1 saturated heterocycles. The molecular weight excluding hydrogens is 533 g/mol. The van der Waals surface area contributed by atoms with E-state index in [0.717, 1.165) is 25.7 Å². The van der Waals surface area contributed by atoms with Crippen LogP contribution in [-0.2, 0) is 18.8 Å². The summed E-state index contributed by atoms with van der Waals surface area (Å²) in [7, 11) is -5.03. The van der Waals surface area contributed by atoms with Crippen molar-refractivity contribution in [2.24, 2.45) is 0 Å². The molecule has 16 heteroatoms. The molecular formula is C21H33ClN5O9P. The zero-order chi connectivity index (χ0) is 27.0. The fourth-order valence-electron chi connectivity index (χ4n) is 4.46. The van der Waals surface area contributed by atoms with E-state index in [1.165, 1.54) is 10.9 Å². The standard InChI is InChI=1S/C21H33ClN5O9P/c1-11(2)34-10-21(9-28,37(31,32)33)35-8-14-15(29)16(30)19(36-14)27-18-13(7-23-27)17(25-20(22)26-18)24-12-5-3-4-6-12/h7,11-12,14-16,19,28-30H,3-6,8-10H2,1-2H3,(H,24,25,26)(H2,31,32,33)/t14-,15-,16-,19-,21?/m1/s1. The van der Waals surface area contributed by atoms with E-state index in [-0.39, 0.29) is 17.0 Å². The Hall–Kier alpha value is -1.45. The summed E-state index contributed by atoms with van der Waals surface area (Å²) in [5.74, 6) is 0.501. The summed E-state index contributed by atoms with van der Waals surface area (Å²) >= 11 is 6.16. The number of rotatable bonds is 11. The molecule has 2 aromatic heterocycles. The van der Waals surface area contributed by atoms with Gasteiger partial charge >= 0.3 is 7.60 Å². The van der Waals surface area contributed by atoms with Gasteiger partial charge in [-0.05, 0) is 38.3 Å². The van der Waals surface area contributed by atoms with Gasteiger partial charge < -0.3 is 44.6 Å². The van der Waals surface area contributed by atoms with Gasteiger partial charge in [-0.1, -0.05) is 12.8 Å². The van der Waals surface area contributed by atoms with Gasteiger partial charge in [-0.25, -0.2) is 4.68 Å². The van der Waals surface area contributed by atoms with Crippen LogP contribution in [0.2, 0.25) is 5.28 Å². The first-order chi connectivity index (χ1) is 17.5. The van der Waals surface area contributed by atoms with Crippen LogP contribution in [0.25, 0.3) is 11.0 Å². The lowest BCUT2D eigenvalue weighted by atomic mass is 10.1. The molecule has 2 aliphatic rings. The smallest absolute Gasteiger partial charge is 0.361 e. The summed E-state index contributed by atoms with van der Waals surface area (Å²) in [6.07, 6.45) is -0.0700. The van der Waals surface area contributed by atoms with Gasteiger partial charge in [-0.3, -0.25) is 4.57 Å². The van der Waals surface area contributed by atoms with Crippen molar-refractivity contribution >= 4 is 36.0 Å². The minimum atomic E-state index is -5.03. The summed E-state index contributed by atoms with van der Waals surface area (Å²) in [5, 5.41) is 36.9. The van der Waals surface area contributed by atoms with Gasteiger partial charge in [-0.15, -0.1) is 0 Å². The maximum absolute atomic E-state index is 12.2. The monoisotopic (exact) mass is 565 g/mol. The number of anilines is 1. The van der Waals surface area contributed by atoms with Crippen LogP contribution >= 0.6 is 19.2 Å². The second kappa shape index (κ2) is 11.3. The molecule has 3 heterocycles. The van der Waals surface area contributed by atoms with Crippen molar-refractivity contribution in [2.75, 3.05) is 25.1 Å². The van der Waals surface area contributed by atoms with Crippen LogP contribution < -0.4 is 5.32 Å². The average molecular weight is 566 g/mol. The summed E-state index contributed by atoms with van der Waals surface area (Å²) in [6.45, 7) is 1.10. The van der Waals surface area contributed by atoms with Gasteiger partial charge in [0.2, 0.25) is 10.6 Å². The number of nitrogens with zero attached hydrogens (tertiary/aromatic N) is 4. The Morgan fingerprint density at radius 1 is 1.27 bits per heavy atom. The number of fused-ring (bicyclic) bond motifs is 1. The predicted octanol–water partition coefficient (Wildman–Crippen LogP) is 0.761. The quantitative estimate of drug-likeness (QED) is 0.165. The first-order valence-electron chi connectivity index (χ1n) is 12.1. The number of aliphatic hydroxyl groups excluding tert-OH is 3. The third kappa shape index (κ3) is 5.93. The third-order valence-corrected chi connectivity index (χ3v) is 8.27. The van der Waals surface area contributed by atoms with Crippen LogP contribution in [0.1, 0.15) is 45.8 Å². The highest BCUT2D eigenvalue weighted by Crippen LogP contribution is 2.51. The van der Waals surface area contributed by atoms with E-state index in [0.29, 0.717) is 11.2 Å². The van der Waals surface area contributed by atoms with Gasteiger partial charge in [0.1, 0.15) is 24.1 Å². The zero-order valence-corrected chi connectivity index (χ0v) is 22.1. The van der Waals surface area contributed by atoms with Crippen molar-refractivity contribution in [1.29, 1.82) is 0 Å². The van der Waals surface area contributed by atoms with E-state index >= 15 is 0 Å².